The molecule has 0 fully saturated rings. The van der Waals surface area contributed by atoms with Crippen molar-refractivity contribution in [3.63, 3.8) is 0 Å². The first-order valence-electron chi connectivity index (χ1n) is 7.05. The molecule has 0 aromatic carbocycles. The molecule has 5 heteroatoms. The molecule has 20 heavy (non-hydrogen) atoms. The molecule has 3 N–H and O–H groups in total. The van der Waals surface area contributed by atoms with Gasteiger partial charge in [-0.1, -0.05) is 51.6 Å². The topological polar surface area (TPSA) is 68.0 Å². The van der Waals surface area contributed by atoms with Crippen molar-refractivity contribution in [2.75, 3.05) is 12.3 Å². The van der Waals surface area contributed by atoms with Gasteiger partial charge in [-0.3, -0.25) is 4.79 Å². The van der Waals surface area contributed by atoms with Crippen LogP contribution < -0.4 is 11.1 Å². The SMILES string of the molecule is CCCCCC(C)(C)CNC(=O)c1cc(N)ncc1Cl. The average Bonchev–Trinajstić information content (AvgIpc) is 2.39. The third kappa shape index (κ3) is 5.37. The molecule has 0 spiro atoms. The average molecular weight is 298 g/mol. The van der Waals surface area contributed by atoms with Gasteiger partial charge < -0.3 is 11.1 Å². The fourth-order valence-corrected chi connectivity index (χ4v) is 2.17. The molecule has 0 aliphatic rings. The molecule has 112 valence electrons. The second-order valence-electron chi connectivity index (χ2n) is 5.89. The first-order valence-corrected chi connectivity index (χ1v) is 7.43. The third-order valence-corrected chi connectivity index (χ3v) is 3.61. The molecule has 0 radical (unpaired) electrons. The van der Waals surface area contributed by atoms with E-state index >= 15 is 0 Å². The Hall–Kier alpha value is -1.29. The lowest BCUT2D eigenvalue weighted by Crippen LogP contribution is -2.34. The van der Waals surface area contributed by atoms with Gasteiger partial charge in [0.2, 0.25) is 0 Å². The van der Waals surface area contributed by atoms with Gasteiger partial charge >= 0.3 is 0 Å². The molecule has 0 aliphatic heterocycles. The molecule has 0 bridgehead atoms. The zero-order valence-electron chi connectivity index (χ0n) is 12.5. The number of nitrogens with one attached hydrogen (secondary N) is 1. The van der Waals surface area contributed by atoms with Crippen LogP contribution in [0.3, 0.4) is 0 Å². The van der Waals surface area contributed by atoms with Crippen LogP contribution >= 0.6 is 11.6 Å². The van der Waals surface area contributed by atoms with Gasteiger partial charge in [0.25, 0.3) is 5.91 Å². The van der Waals surface area contributed by atoms with Gasteiger partial charge in [0.15, 0.2) is 0 Å². The Balaban J connectivity index is 2.56. The van der Waals surface area contributed by atoms with E-state index in [9.17, 15) is 4.79 Å². The van der Waals surface area contributed by atoms with Crippen molar-refractivity contribution in [3.05, 3.63) is 22.8 Å². The van der Waals surface area contributed by atoms with Crippen LogP contribution in [0.1, 0.15) is 56.8 Å². The highest BCUT2D eigenvalue weighted by Gasteiger charge is 2.19. The minimum absolute atomic E-state index is 0.0792. The first kappa shape index (κ1) is 16.8. The van der Waals surface area contributed by atoms with E-state index < -0.39 is 0 Å². The van der Waals surface area contributed by atoms with Gasteiger partial charge in [-0.25, -0.2) is 4.98 Å². The smallest absolute Gasteiger partial charge is 0.253 e. The van der Waals surface area contributed by atoms with Gasteiger partial charge in [-0.2, -0.15) is 0 Å². The lowest BCUT2D eigenvalue weighted by Gasteiger charge is -2.25. The fraction of sp³-hybridized carbons (Fsp3) is 0.600. The summed E-state index contributed by atoms with van der Waals surface area (Å²) in [6.45, 7) is 7.12. The highest BCUT2D eigenvalue weighted by molar-refractivity contribution is 6.33. The number of carbonyl (C=O) groups excluding carboxylic acids is 1. The van der Waals surface area contributed by atoms with Crippen molar-refractivity contribution >= 4 is 23.3 Å². The van der Waals surface area contributed by atoms with Crippen LogP contribution in [0.5, 0.6) is 0 Å². The van der Waals surface area contributed by atoms with E-state index in [1.165, 1.54) is 31.5 Å². The van der Waals surface area contributed by atoms with Gasteiger partial charge in [0.05, 0.1) is 10.6 Å². The minimum Gasteiger partial charge on any atom is -0.384 e. The molecular formula is C15H24ClN3O. The number of nitrogen functional groups attached to an aromatic ring is 1. The molecule has 1 rings (SSSR count). The highest BCUT2D eigenvalue weighted by Crippen LogP contribution is 2.23. The molecule has 1 aromatic rings. The summed E-state index contributed by atoms with van der Waals surface area (Å²) in [6, 6.07) is 1.50. The number of rotatable bonds is 7. The standard InChI is InChI=1S/C15H24ClN3O/c1-4-5-6-7-15(2,3)10-19-14(20)11-8-13(17)18-9-12(11)16/h8-9H,4-7,10H2,1-3H3,(H2,17,18)(H,19,20). The zero-order chi connectivity index (χ0) is 15.2. The number of nitrogens with zero attached hydrogens (tertiary/aromatic N) is 1. The molecule has 0 saturated heterocycles. The molecule has 0 saturated carbocycles. The van der Waals surface area contributed by atoms with Gasteiger partial charge in [-0.05, 0) is 17.9 Å². The maximum atomic E-state index is 12.1. The minimum atomic E-state index is -0.201. The quantitative estimate of drug-likeness (QED) is 0.755. The van der Waals surface area contributed by atoms with E-state index in [0.717, 1.165) is 6.42 Å². The number of anilines is 1. The number of pyridine rings is 1. The number of carbonyl (C=O) groups is 1. The van der Waals surface area contributed by atoms with Gasteiger partial charge in [0.1, 0.15) is 5.82 Å². The lowest BCUT2D eigenvalue weighted by molar-refractivity contribution is 0.0934. The van der Waals surface area contributed by atoms with Crippen molar-refractivity contribution < 1.29 is 4.79 Å². The summed E-state index contributed by atoms with van der Waals surface area (Å²) < 4.78 is 0. The van der Waals surface area contributed by atoms with E-state index in [-0.39, 0.29) is 11.3 Å². The number of aromatic nitrogens is 1. The van der Waals surface area contributed by atoms with E-state index in [2.05, 4.69) is 31.1 Å². The summed E-state index contributed by atoms with van der Waals surface area (Å²) in [6.07, 6.45) is 6.10. The largest absolute Gasteiger partial charge is 0.384 e. The maximum Gasteiger partial charge on any atom is 0.253 e. The Morgan fingerprint density at radius 3 is 2.80 bits per heavy atom. The number of unbranched alkanes of at least 4 members (excludes halogenated alkanes) is 2. The summed E-state index contributed by atoms with van der Waals surface area (Å²) in [5.74, 6) is 0.0921. The van der Waals surface area contributed by atoms with E-state index in [1.54, 1.807) is 0 Å². The predicted molar refractivity (Wildman–Crippen MR) is 83.9 cm³/mol. The van der Waals surface area contributed by atoms with Gasteiger partial charge in [0, 0.05) is 12.7 Å². The van der Waals surface area contributed by atoms with Crippen LogP contribution in [-0.2, 0) is 0 Å². The van der Waals surface area contributed by atoms with Crippen molar-refractivity contribution in [1.29, 1.82) is 0 Å². The highest BCUT2D eigenvalue weighted by atomic mass is 35.5. The number of hydrogen-bond donors (Lipinski definition) is 2. The number of hydrogen-bond acceptors (Lipinski definition) is 3. The number of amides is 1. The van der Waals surface area contributed by atoms with E-state index in [0.29, 0.717) is 22.9 Å². The molecule has 0 aliphatic carbocycles. The Morgan fingerprint density at radius 1 is 1.45 bits per heavy atom. The molecule has 1 aromatic heterocycles. The zero-order valence-corrected chi connectivity index (χ0v) is 13.3. The lowest BCUT2D eigenvalue weighted by atomic mass is 9.87. The number of halogens is 1. The van der Waals surface area contributed by atoms with Crippen molar-refractivity contribution in [2.24, 2.45) is 5.41 Å². The van der Waals surface area contributed by atoms with Crippen molar-refractivity contribution in [1.82, 2.24) is 10.3 Å². The van der Waals surface area contributed by atoms with Crippen LogP contribution in [0.15, 0.2) is 12.3 Å². The maximum absolute atomic E-state index is 12.1. The second-order valence-corrected chi connectivity index (χ2v) is 6.30. The predicted octanol–water partition coefficient (Wildman–Crippen LogP) is 3.65. The summed E-state index contributed by atoms with van der Waals surface area (Å²) >= 11 is 5.96. The Morgan fingerprint density at radius 2 is 2.15 bits per heavy atom. The van der Waals surface area contributed by atoms with Gasteiger partial charge in [-0.15, -0.1) is 0 Å². The van der Waals surface area contributed by atoms with Crippen LogP contribution in [-0.4, -0.2) is 17.4 Å². The third-order valence-electron chi connectivity index (χ3n) is 3.31. The van der Waals surface area contributed by atoms with Crippen LogP contribution in [0.25, 0.3) is 0 Å². The molecule has 1 heterocycles. The second kappa shape index (κ2) is 7.48. The van der Waals surface area contributed by atoms with Crippen molar-refractivity contribution in [2.45, 2.75) is 46.5 Å². The Kier molecular flexibility index (Phi) is 6.27. The Bertz CT molecular complexity index is 460. The molecule has 4 nitrogen and oxygen atoms in total. The summed E-state index contributed by atoms with van der Waals surface area (Å²) in [4.78, 5) is 16.0. The van der Waals surface area contributed by atoms with Crippen molar-refractivity contribution in [3.8, 4) is 0 Å². The summed E-state index contributed by atoms with van der Waals surface area (Å²) in [5.41, 5.74) is 6.04. The van der Waals surface area contributed by atoms with E-state index in [1.807, 2.05) is 0 Å². The summed E-state index contributed by atoms with van der Waals surface area (Å²) in [5, 5.41) is 3.25. The van der Waals surface area contributed by atoms with E-state index in [4.69, 9.17) is 17.3 Å². The normalized spacial score (nSPS) is 11.4. The molecule has 0 unspecified atom stereocenters. The fourth-order valence-electron chi connectivity index (χ4n) is 1.99. The Labute approximate surface area is 126 Å². The molecular weight excluding hydrogens is 274 g/mol. The van der Waals surface area contributed by atoms with Crippen LogP contribution in [0, 0.1) is 5.41 Å². The first-order chi connectivity index (χ1) is 9.35. The number of nitrogens with two attached hydrogens (primary N) is 1. The molecule has 0 atom stereocenters. The summed E-state index contributed by atoms with van der Waals surface area (Å²) in [7, 11) is 0. The van der Waals surface area contributed by atoms with Crippen LogP contribution in [0.4, 0.5) is 5.82 Å². The monoisotopic (exact) mass is 297 g/mol. The van der Waals surface area contributed by atoms with Crippen LogP contribution in [0.2, 0.25) is 5.02 Å². The molecule has 1 amide bonds.